The number of aromatic nitrogens is 1. The fourth-order valence-electron chi connectivity index (χ4n) is 1.73. The third-order valence-electron chi connectivity index (χ3n) is 2.44. The second-order valence-corrected chi connectivity index (χ2v) is 3.62. The molecule has 1 aliphatic rings. The van der Waals surface area contributed by atoms with Crippen molar-refractivity contribution in [2.45, 2.75) is 18.5 Å². The summed E-state index contributed by atoms with van der Waals surface area (Å²) >= 11 is 0. The molecule has 13 heavy (non-hydrogen) atoms. The SMILES string of the molecule is FC1(Cc2cccnc2)CCNC1. The van der Waals surface area contributed by atoms with Gasteiger partial charge in [0.1, 0.15) is 5.67 Å². The Morgan fingerprint density at radius 2 is 2.54 bits per heavy atom. The first-order chi connectivity index (χ1) is 6.29. The lowest BCUT2D eigenvalue weighted by molar-refractivity contribution is 0.190. The van der Waals surface area contributed by atoms with Gasteiger partial charge in [-0.3, -0.25) is 4.98 Å². The summed E-state index contributed by atoms with van der Waals surface area (Å²) in [5, 5.41) is 3.04. The summed E-state index contributed by atoms with van der Waals surface area (Å²) in [5.41, 5.74) is -0.0723. The molecule has 0 aliphatic carbocycles. The van der Waals surface area contributed by atoms with E-state index in [1.807, 2.05) is 12.1 Å². The molecule has 1 unspecified atom stereocenters. The molecule has 3 heteroatoms. The maximum atomic E-state index is 13.9. The number of nitrogens with one attached hydrogen (secondary N) is 1. The van der Waals surface area contributed by atoms with Gasteiger partial charge in [-0.25, -0.2) is 4.39 Å². The average molecular weight is 180 g/mol. The molecule has 1 aliphatic heterocycles. The Morgan fingerprint density at radius 3 is 3.15 bits per heavy atom. The average Bonchev–Trinajstić information content (AvgIpc) is 2.54. The number of rotatable bonds is 2. The molecule has 2 heterocycles. The third-order valence-corrected chi connectivity index (χ3v) is 2.44. The van der Waals surface area contributed by atoms with Crippen LogP contribution in [0.4, 0.5) is 4.39 Å². The second-order valence-electron chi connectivity index (χ2n) is 3.62. The quantitative estimate of drug-likeness (QED) is 0.742. The molecular formula is C10H13FN2. The van der Waals surface area contributed by atoms with E-state index in [4.69, 9.17) is 0 Å². The van der Waals surface area contributed by atoms with Crippen molar-refractivity contribution in [2.24, 2.45) is 0 Å². The number of nitrogens with zero attached hydrogens (tertiary/aromatic N) is 1. The molecule has 0 radical (unpaired) electrons. The minimum absolute atomic E-state index is 0.474. The van der Waals surface area contributed by atoms with Crippen LogP contribution in [0.5, 0.6) is 0 Å². The van der Waals surface area contributed by atoms with Crippen LogP contribution in [-0.4, -0.2) is 23.7 Å². The van der Waals surface area contributed by atoms with Gasteiger partial charge in [0.05, 0.1) is 0 Å². The molecule has 2 nitrogen and oxygen atoms in total. The Morgan fingerprint density at radius 1 is 1.62 bits per heavy atom. The van der Waals surface area contributed by atoms with Crippen molar-refractivity contribution >= 4 is 0 Å². The molecule has 0 aromatic carbocycles. The number of pyridine rings is 1. The van der Waals surface area contributed by atoms with E-state index in [-0.39, 0.29) is 0 Å². The van der Waals surface area contributed by atoms with E-state index >= 15 is 0 Å². The first-order valence-electron chi connectivity index (χ1n) is 4.57. The van der Waals surface area contributed by atoms with Crippen LogP contribution in [0.3, 0.4) is 0 Å². The van der Waals surface area contributed by atoms with E-state index in [0.29, 0.717) is 19.4 Å². The molecule has 1 saturated heterocycles. The van der Waals surface area contributed by atoms with Gasteiger partial charge >= 0.3 is 0 Å². The smallest absolute Gasteiger partial charge is 0.128 e. The predicted molar refractivity (Wildman–Crippen MR) is 49.3 cm³/mol. The maximum Gasteiger partial charge on any atom is 0.128 e. The molecule has 70 valence electrons. The summed E-state index contributed by atoms with van der Waals surface area (Å²) in [4.78, 5) is 3.97. The molecule has 1 aromatic heterocycles. The van der Waals surface area contributed by atoms with Gasteiger partial charge in [-0.2, -0.15) is 0 Å². The Kier molecular flexibility index (Phi) is 2.27. The van der Waals surface area contributed by atoms with E-state index in [0.717, 1.165) is 12.1 Å². The number of halogens is 1. The van der Waals surface area contributed by atoms with Gasteiger partial charge in [0, 0.05) is 25.4 Å². The van der Waals surface area contributed by atoms with Crippen molar-refractivity contribution in [1.82, 2.24) is 10.3 Å². The van der Waals surface area contributed by atoms with Crippen LogP contribution in [-0.2, 0) is 6.42 Å². The van der Waals surface area contributed by atoms with E-state index in [1.165, 1.54) is 0 Å². The molecule has 0 bridgehead atoms. The molecule has 1 atom stereocenters. The van der Waals surface area contributed by atoms with Crippen molar-refractivity contribution in [3.8, 4) is 0 Å². The zero-order valence-corrected chi connectivity index (χ0v) is 7.46. The summed E-state index contributed by atoms with van der Waals surface area (Å²) in [5.74, 6) is 0. The van der Waals surface area contributed by atoms with Crippen LogP contribution in [0, 0.1) is 0 Å². The van der Waals surface area contributed by atoms with Crippen LogP contribution in [0.2, 0.25) is 0 Å². The molecule has 0 saturated carbocycles. The lowest BCUT2D eigenvalue weighted by Gasteiger charge is -2.17. The van der Waals surface area contributed by atoms with E-state index in [9.17, 15) is 4.39 Å². The standard InChI is InChI=1S/C10H13FN2/c11-10(3-5-13-8-10)6-9-2-1-4-12-7-9/h1-2,4,7,13H,3,5-6,8H2. The number of hydrogen-bond acceptors (Lipinski definition) is 2. The zero-order chi connectivity index (χ0) is 9.15. The van der Waals surface area contributed by atoms with Gasteiger partial charge < -0.3 is 5.32 Å². The third kappa shape index (κ3) is 2.04. The van der Waals surface area contributed by atoms with Gasteiger partial charge in [-0.05, 0) is 24.6 Å². The highest BCUT2D eigenvalue weighted by atomic mass is 19.1. The summed E-state index contributed by atoms with van der Waals surface area (Å²) in [6.45, 7) is 1.26. The Balaban J connectivity index is 2.05. The minimum atomic E-state index is -1.05. The Labute approximate surface area is 77.2 Å². The topological polar surface area (TPSA) is 24.9 Å². The van der Waals surface area contributed by atoms with E-state index in [2.05, 4.69) is 10.3 Å². The Hall–Kier alpha value is -0.960. The van der Waals surface area contributed by atoms with Gasteiger partial charge in [-0.15, -0.1) is 0 Å². The van der Waals surface area contributed by atoms with Crippen LogP contribution < -0.4 is 5.32 Å². The maximum absolute atomic E-state index is 13.9. The normalized spacial score (nSPS) is 27.8. The molecule has 1 fully saturated rings. The van der Waals surface area contributed by atoms with Crippen LogP contribution in [0.1, 0.15) is 12.0 Å². The molecule has 0 spiro atoms. The highest BCUT2D eigenvalue weighted by molar-refractivity contribution is 5.13. The minimum Gasteiger partial charge on any atom is -0.313 e. The number of hydrogen-bond donors (Lipinski definition) is 1. The lowest BCUT2D eigenvalue weighted by Crippen LogP contribution is -2.28. The van der Waals surface area contributed by atoms with Gasteiger partial charge in [0.2, 0.25) is 0 Å². The van der Waals surface area contributed by atoms with Crippen molar-refractivity contribution in [3.05, 3.63) is 30.1 Å². The van der Waals surface area contributed by atoms with Crippen molar-refractivity contribution < 1.29 is 4.39 Å². The highest BCUT2D eigenvalue weighted by Crippen LogP contribution is 2.24. The first kappa shape index (κ1) is 8.63. The molecule has 1 aromatic rings. The monoisotopic (exact) mass is 180 g/mol. The predicted octanol–water partition coefficient (Wildman–Crippen LogP) is 1.33. The molecule has 0 amide bonds. The largest absolute Gasteiger partial charge is 0.313 e. The Bertz CT molecular complexity index is 268. The summed E-state index contributed by atoms with van der Waals surface area (Å²) in [6.07, 6.45) is 4.54. The van der Waals surface area contributed by atoms with Crippen molar-refractivity contribution in [2.75, 3.05) is 13.1 Å². The summed E-state index contributed by atoms with van der Waals surface area (Å²) < 4.78 is 13.9. The molecular weight excluding hydrogens is 167 g/mol. The molecule has 2 rings (SSSR count). The van der Waals surface area contributed by atoms with Crippen molar-refractivity contribution in [3.63, 3.8) is 0 Å². The zero-order valence-electron chi connectivity index (χ0n) is 7.46. The first-order valence-corrected chi connectivity index (χ1v) is 4.57. The molecule has 1 N–H and O–H groups in total. The van der Waals surface area contributed by atoms with E-state index < -0.39 is 5.67 Å². The van der Waals surface area contributed by atoms with Gasteiger partial charge in [0.15, 0.2) is 0 Å². The van der Waals surface area contributed by atoms with E-state index in [1.54, 1.807) is 12.4 Å². The van der Waals surface area contributed by atoms with Crippen LogP contribution in [0.25, 0.3) is 0 Å². The van der Waals surface area contributed by atoms with Gasteiger partial charge in [-0.1, -0.05) is 6.07 Å². The fraction of sp³-hybridized carbons (Fsp3) is 0.500. The highest BCUT2D eigenvalue weighted by Gasteiger charge is 2.33. The van der Waals surface area contributed by atoms with Gasteiger partial charge in [0.25, 0.3) is 0 Å². The fourth-order valence-corrected chi connectivity index (χ4v) is 1.73. The van der Waals surface area contributed by atoms with Crippen molar-refractivity contribution in [1.29, 1.82) is 0 Å². The summed E-state index contributed by atoms with van der Waals surface area (Å²) in [7, 11) is 0. The lowest BCUT2D eigenvalue weighted by atomic mass is 9.97. The van der Waals surface area contributed by atoms with Crippen LogP contribution >= 0.6 is 0 Å². The second kappa shape index (κ2) is 3.42. The summed E-state index contributed by atoms with van der Waals surface area (Å²) in [6, 6.07) is 3.77. The van der Waals surface area contributed by atoms with Crippen LogP contribution in [0.15, 0.2) is 24.5 Å². The number of alkyl halides is 1.